The second-order valence-electron chi connectivity index (χ2n) is 7.40. The normalized spacial score (nSPS) is 15.6. The highest BCUT2D eigenvalue weighted by atomic mass is 127. The molecule has 7 nitrogen and oxygen atoms in total. The van der Waals surface area contributed by atoms with Crippen molar-refractivity contribution < 1.29 is 4.74 Å². The highest BCUT2D eigenvalue weighted by Gasteiger charge is 2.26. The van der Waals surface area contributed by atoms with Gasteiger partial charge in [-0.2, -0.15) is 0 Å². The fourth-order valence-corrected chi connectivity index (χ4v) is 4.70. The van der Waals surface area contributed by atoms with Gasteiger partial charge in [-0.05, 0) is 38.9 Å². The van der Waals surface area contributed by atoms with Crippen LogP contribution < -0.4 is 15.4 Å². The van der Waals surface area contributed by atoms with E-state index in [4.69, 9.17) is 9.73 Å². The van der Waals surface area contributed by atoms with Gasteiger partial charge in [-0.15, -0.1) is 35.3 Å². The molecule has 9 heteroatoms. The molecule has 1 aromatic carbocycles. The van der Waals surface area contributed by atoms with Crippen LogP contribution in [0.3, 0.4) is 0 Å². The lowest BCUT2D eigenvalue weighted by molar-refractivity contribution is 0.239. The summed E-state index contributed by atoms with van der Waals surface area (Å²) in [6.07, 6.45) is 6.56. The number of nitrogens with zero attached hydrogens (tertiary/aromatic N) is 4. The summed E-state index contributed by atoms with van der Waals surface area (Å²) < 4.78 is 7.70. The van der Waals surface area contributed by atoms with Crippen LogP contribution in [0.15, 0.2) is 47.0 Å². The number of hydrogen-bond acceptors (Lipinski definition) is 5. The maximum Gasteiger partial charge on any atom is 0.193 e. The summed E-state index contributed by atoms with van der Waals surface area (Å²) in [4.78, 5) is 12.9. The molecule has 3 aromatic rings. The smallest absolute Gasteiger partial charge is 0.193 e. The molecule has 2 aromatic heterocycles. The van der Waals surface area contributed by atoms with Gasteiger partial charge < -0.3 is 15.4 Å². The summed E-state index contributed by atoms with van der Waals surface area (Å²) in [5.74, 6) is 1.75. The number of thiazole rings is 1. The van der Waals surface area contributed by atoms with E-state index in [9.17, 15) is 0 Å². The van der Waals surface area contributed by atoms with Crippen LogP contribution in [0.1, 0.15) is 37.1 Å². The number of nitrogens with one attached hydrogen (secondary N) is 2. The Kier molecular flexibility index (Phi) is 8.97. The van der Waals surface area contributed by atoms with E-state index in [1.54, 1.807) is 18.4 Å². The van der Waals surface area contributed by atoms with Gasteiger partial charge in [-0.3, -0.25) is 9.30 Å². The molecule has 0 radical (unpaired) electrons. The number of likely N-dealkylation sites (tertiary alicyclic amines) is 1. The summed E-state index contributed by atoms with van der Waals surface area (Å²) >= 11 is 1.64. The summed E-state index contributed by atoms with van der Waals surface area (Å²) in [5.41, 5.74) is 2.19. The number of aliphatic imine (C=N–C) groups is 1. The van der Waals surface area contributed by atoms with Crippen molar-refractivity contribution in [1.29, 1.82) is 0 Å². The first-order chi connectivity index (χ1) is 14.8. The Morgan fingerprint density at radius 3 is 2.81 bits per heavy atom. The van der Waals surface area contributed by atoms with E-state index < -0.39 is 0 Å². The molecule has 1 saturated heterocycles. The van der Waals surface area contributed by atoms with Crippen LogP contribution in [0.4, 0.5) is 0 Å². The van der Waals surface area contributed by atoms with E-state index in [1.165, 1.54) is 18.4 Å². The van der Waals surface area contributed by atoms with Gasteiger partial charge in [0, 0.05) is 36.4 Å². The van der Waals surface area contributed by atoms with Crippen LogP contribution in [-0.2, 0) is 6.54 Å². The van der Waals surface area contributed by atoms with Crippen LogP contribution in [-0.4, -0.2) is 53.5 Å². The SMILES string of the molecule is CCNC(=NCc1cn2ccsc2n1)NCC(c1ccccc1OC)N1CCCC1.I. The molecule has 31 heavy (non-hydrogen) atoms. The number of halogens is 1. The lowest BCUT2D eigenvalue weighted by Gasteiger charge is -2.30. The first kappa shape index (κ1) is 23.8. The number of aromatic nitrogens is 2. The van der Waals surface area contributed by atoms with Crippen molar-refractivity contribution >= 4 is 46.2 Å². The van der Waals surface area contributed by atoms with Crippen molar-refractivity contribution in [3.63, 3.8) is 0 Å². The lowest BCUT2D eigenvalue weighted by Crippen LogP contribution is -2.42. The maximum atomic E-state index is 5.66. The predicted molar refractivity (Wildman–Crippen MR) is 138 cm³/mol. The average molecular weight is 555 g/mol. The zero-order chi connectivity index (χ0) is 20.8. The third kappa shape index (κ3) is 5.89. The minimum Gasteiger partial charge on any atom is -0.496 e. The molecule has 0 amide bonds. The molecule has 168 valence electrons. The molecule has 1 atom stereocenters. The number of rotatable bonds is 8. The van der Waals surface area contributed by atoms with E-state index in [0.29, 0.717) is 6.54 Å². The first-order valence-corrected chi connectivity index (χ1v) is 11.5. The molecule has 0 saturated carbocycles. The first-order valence-electron chi connectivity index (χ1n) is 10.6. The second-order valence-corrected chi connectivity index (χ2v) is 8.27. The maximum absolute atomic E-state index is 5.66. The summed E-state index contributed by atoms with van der Waals surface area (Å²) in [5, 5.41) is 8.96. The standard InChI is InChI=1S/C22H30N6OS.HI/c1-3-23-21(24-14-17-16-28-12-13-30-22(28)26-17)25-15-19(27-10-6-7-11-27)18-8-4-5-9-20(18)29-2;/h4-5,8-9,12-13,16,19H,3,6-7,10-11,14-15H2,1-2H3,(H2,23,24,25);1H. The van der Waals surface area contributed by atoms with Crippen molar-refractivity contribution in [2.45, 2.75) is 32.4 Å². The van der Waals surface area contributed by atoms with Gasteiger partial charge in [0.25, 0.3) is 0 Å². The molecule has 0 spiro atoms. The number of fused-ring (bicyclic) bond motifs is 1. The lowest BCUT2D eigenvalue weighted by atomic mass is 10.0. The highest BCUT2D eigenvalue weighted by molar-refractivity contribution is 14.0. The van der Waals surface area contributed by atoms with Gasteiger partial charge in [0.05, 0.1) is 25.4 Å². The Morgan fingerprint density at radius 1 is 1.26 bits per heavy atom. The fourth-order valence-electron chi connectivity index (χ4n) is 3.98. The van der Waals surface area contributed by atoms with Crippen molar-refractivity contribution in [2.75, 3.05) is 33.3 Å². The molecule has 0 bridgehead atoms. The van der Waals surface area contributed by atoms with Crippen LogP contribution in [0.2, 0.25) is 0 Å². The number of hydrogen-bond donors (Lipinski definition) is 2. The number of benzene rings is 1. The summed E-state index contributed by atoms with van der Waals surface area (Å²) in [6.45, 7) is 6.44. The van der Waals surface area contributed by atoms with Crippen LogP contribution in [0, 0.1) is 0 Å². The quantitative estimate of drug-likeness (QED) is 0.251. The molecule has 3 heterocycles. The number of guanidine groups is 1. The Morgan fingerprint density at radius 2 is 2.06 bits per heavy atom. The Hall–Kier alpha value is -1.85. The van der Waals surface area contributed by atoms with Crippen molar-refractivity contribution in [3.05, 3.63) is 53.3 Å². The zero-order valence-corrected chi connectivity index (χ0v) is 21.2. The topological polar surface area (TPSA) is 66.2 Å². The molecule has 1 aliphatic heterocycles. The molecule has 1 fully saturated rings. The minimum atomic E-state index is 0. The van der Waals surface area contributed by atoms with E-state index >= 15 is 0 Å². The number of para-hydroxylation sites is 1. The predicted octanol–water partition coefficient (Wildman–Crippen LogP) is 3.91. The average Bonchev–Trinajstić information content (AvgIpc) is 3.50. The zero-order valence-electron chi connectivity index (χ0n) is 18.1. The Balaban J connectivity index is 0.00000272. The van der Waals surface area contributed by atoms with Gasteiger partial charge in [-0.1, -0.05) is 18.2 Å². The molecule has 1 unspecified atom stereocenters. The van der Waals surface area contributed by atoms with E-state index in [-0.39, 0.29) is 30.0 Å². The largest absolute Gasteiger partial charge is 0.496 e. The summed E-state index contributed by atoms with van der Waals surface area (Å²) in [7, 11) is 1.74. The monoisotopic (exact) mass is 554 g/mol. The molecule has 2 N–H and O–H groups in total. The third-order valence-electron chi connectivity index (χ3n) is 5.43. The van der Waals surface area contributed by atoms with Crippen molar-refractivity contribution in [2.24, 2.45) is 4.99 Å². The number of imidazole rings is 1. The molecule has 1 aliphatic rings. The second kappa shape index (κ2) is 11.7. The fraction of sp³-hybridized carbons (Fsp3) is 0.455. The van der Waals surface area contributed by atoms with Crippen molar-refractivity contribution in [3.8, 4) is 5.75 Å². The van der Waals surface area contributed by atoms with Gasteiger partial charge >= 0.3 is 0 Å². The van der Waals surface area contributed by atoms with Crippen LogP contribution in [0.5, 0.6) is 5.75 Å². The van der Waals surface area contributed by atoms with Gasteiger partial charge in [0.15, 0.2) is 10.9 Å². The molecular formula is C22H31IN6OS. The van der Waals surface area contributed by atoms with Crippen LogP contribution in [0.25, 0.3) is 4.96 Å². The molecular weight excluding hydrogens is 523 g/mol. The third-order valence-corrected chi connectivity index (χ3v) is 6.20. The number of ether oxygens (including phenoxy) is 1. The number of methoxy groups -OCH3 is 1. The highest BCUT2D eigenvalue weighted by Crippen LogP contribution is 2.31. The van der Waals surface area contributed by atoms with E-state index in [2.05, 4.69) is 39.6 Å². The van der Waals surface area contributed by atoms with Crippen LogP contribution >= 0.6 is 35.3 Å². The van der Waals surface area contributed by atoms with Crippen molar-refractivity contribution in [1.82, 2.24) is 24.9 Å². The van der Waals surface area contributed by atoms with Gasteiger partial charge in [0.1, 0.15) is 5.75 Å². The minimum absolute atomic E-state index is 0. The summed E-state index contributed by atoms with van der Waals surface area (Å²) in [6, 6.07) is 8.57. The Bertz CT molecular complexity index is 953. The van der Waals surface area contributed by atoms with E-state index in [1.807, 2.05) is 34.3 Å². The van der Waals surface area contributed by atoms with Gasteiger partial charge in [0.2, 0.25) is 0 Å². The Labute approximate surface area is 204 Å². The molecule has 0 aliphatic carbocycles. The van der Waals surface area contributed by atoms with E-state index in [0.717, 1.165) is 48.5 Å². The van der Waals surface area contributed by atoms with Gasteiger partial charge in [-0.25, -0.2) is 9.98 Å². The molecule has 4 rings (SSSR count).